The molecule has 14 heavy (non-hydrogen) atoms. The first-order valence-corrected chi connectivity index (χ1v) is 5.55. The largest absolute Gasteiger partial charge is 0.335 e. The van der Waals surface area contributed by atoms with Gasteiger partial charge in [0, 0.05) is 24.2 Å². The molecule has 1 N–H and O–H groups in total. The van der Waals surface area contributed by atoms with Gasteiger partial charge in [-0.15, -0.1) is 11.3 Å². The van der Waals surface area contributed by atoms with E-state index in [4.69, 9.17) is 0 Å². The Balaban J connectivity index is 2.00. The van der Waals surface area contributed by atoms with Gasteiger partial charge in [0.25, 0.3) is 0 Å². The van der Waals surface area contributed by atoms with E-state index in [2.05, 4.69) is 10.3 Å². The van der Waals surface area contributed by atoms with Crippen LogP contribution in [0.25, 0.3) is 0 Å². The highest BCUT2D eigenvalue weighted by molar-refractivity contribution is 7.09. The summed E-state index contributed by atoms with van der Waals surface area (Å²) in [5.41, 5.74) is 1.80. The van der Waals surface area contributed by atoms with Gasteiger partial charge in [-0.2, -0.15) is 0 Å². The van der Waals surface area contributed by atoms with Crippen molar-refractivity contribution in [3.63, 3.8) is 0 Å². The molecule has 1 unspecified atom stereocenters. The van der Waals surface area contributed by atoms with E-state index in [1.807, 2.05) is 18.0 Å². The predicted octanol–water partition coefficient (Wildman–Crippen LogP) is 0.463. The molecule has 0 aromatic carbocycles. The molecule has 1 aliphatic heterocycles. The molecule has 1 atom stereocenters. The summed E-state index contributed by atoms with van der Waals surface area (Å²) in [5.74, 6) is 0.185. The number of nitrogens with one attached hydrogen (secondary N) is 1. The van der Waals surface area contributed by atoms with Crippen LogP contribution in [0.2, 0.25) is 0 Å². The fourth-order valence-corrected chi connectivity index (χ4v) is 2.16. The maximum atomic E-state index is 11.7. The molecule has 5 heteroatoms. The number of carbonyl (C=O) groups excluding carboxylic acids is 1. The molecule has 0 radical (unpaired) electrons. The van der Waals surface area contributed by atoms with Gasteiger partial charge in [-0.05, 0) is 6.92 Å². The molecule has 0 spiro atoms. The van der Waals surface area contributed by atoms with Gasteiger partial charge in [-0.25, -0.2) is 0 Å². The average Bonchev–Trinajstić information content (AvgIpc) is 2.66. The Hall–Kier alpha value is -0.940. The summed E-state index contributed by atoms with van der Waals surface area (Å²) in [6, 6.07) is -0.0447. The number of hydrogen-bond acceptors (Lipinski definition) is 4. The summed E-state index contributed by atoms with van der Waals surface area (Å²) in [5, 5.41) is 3.14. The van der Waals surface area contributed by atoms with E-state index >= 15 is 0 Å². The molecule has 76 valence electrons. The number of rotatable bonds is 2. The number of nitrogens with zero attached hydrogens (tertiary/aromatic N) is 2. The normalized spacial score (nSPS) is 22.8. The van der Waals surface area contributed by atoms with Crippen molar-refractivity contribution in [2.75, 3.05) is 13.1 Å². The van der Waals surface area contributed by atoms with Gasteiger partial charge < -0.3 is 10.2 Å². The van der Waals surface area contributed by atoms with Crippen LogP contribution >= 0.6 is 11.3 Å². The van der Waals surface area contributed by atoms with E-state index < -0.39 is 0 Å². The molecule has 0 bridgehead atoms. The van der Waals surface area contributed by atoms with Crippen LogP contribution in [0.1, 0.15) is 11.8 Å². The minimum Gasteiger partial charge on any atom is -0.335 e. The molecule has 1 aliphatic rings. The molecule has 1 aromatic heterocycles. The maximum absolute atomic E-state index is 11.7. The number of hydrogen-bond donors (Lipinski definition) is 1. The van der Waals surface area contributed by atoms with Crippen LogP contribution in [0.3, 0.4) is 0 Å². The van der Waals surface area contributed by atoms with Crippen LogP contribution in [0.4, 0.5) is 0 Å². The highest BCUT2D eigenvalue weighted by Crippen LogP contribution is 2.11. The Kier molecular flexibility index (Phi) is 2.79. The zero-order valence-electron chi connectivity index (χ0n) is 8.06. The van der Waals surface area contributed by atoms with Crippen LogP contribution in [0.15, 0.2) is 11.7 Å². The Morgan fingerprint density at radius 3 is 3.36 bits per heavy atom. The van der Waals surface area contributed by atoms with Gasteiger partial charge >= 0.3 is 0 Å². The second kappa shape index (κ2) is 4.06. The van der Waals surface area contributed by atoms with Crippen molar-refractivity contribution in [1.29, 1.82) is 0 Å². The second-order valence-electron chi connectivity index (χ2n) is 3.40. The van der Waals surface area contributed by atoms with E-state index in [1.165, 1.54) is 0 Å². The third-order valence-corrected chi connectivity index (χ3v) is 3.11. The molecule has 1 aromatic rings. The van der Waals surface area contributed by atoms with Crippen molar-refractivity contribution >= 4 is 17.2 Å². The first-order chi connectivity index (χ1) is 6.77. The molecule has 1 amide bonds. The molecule has 2 rings (SSSR count). The number of amides is 1. The van der Waals surface area contributed by atoms with Crippen molar-refractivity contribution in [3.05, 3.63) is 16.6 Å². The summed E-state index contributed by atoms with van der Waals surface area (Å²) in [4.78, 5) is 18.7. The lowest BCUT2D eigenvalue weighted by molar-refractivity contribution is -0.135. The highest BCUT2D eigenvalue weighted by atomic mass is 32.1. The molecule has 0 saturated carbocycles. The third-order valence-electron chi connectivity index (χ3n) is 2.34. The van der Waals surface area contributed by atoms with Crippen molar-refractivity contribution < 1.29 is 4.79 Å². The Morgan fingerprint density at radius 1 is 1.79 bits per heavy atom. The van der Waals surface area contributed by atoms with E-state index in [1.54, 1.807) is 16.8 Å². The van der Waals surface area contributed by atoms with Crippen LogP contribution < -0.4 is 5.32 Å². The zero-order chi connectivity index (χ0) is 9.97. The predicted molar refractivity (Wildman–Crippen MR) is 55.0 cm³/mol. The summed E-state index contributed by atoms with van der Waals surface area (Å²) in [7, 11) is 0. The lowest BCUT2D eigenvalue weighted by Gasteiger charge is -2.30. The smallest absolute Gasteiger partial charge is 0.239 e. The van der Waals surface area contributed by atoms with Gasteiger partial charge in [0.1, 0.15) is 0 Å². The van der Waals surface area contributed by atoms with E-state index in [9.17, 15) is 4.79 Å². The Labute approximate surface area is 86.9 Å². The van der Waals surface area contributed by atoms with Gasteiger partial charge in [0.05, 0.1) is 18.1 Å². The standard InChI is InChI=1S/C9H13N3OS/c1-7-9(13)12(3-2-11-7)5-8-4-10-6-14-8/h4,6-7,11H,2-3,5H2,1H3. The first-order valence-electron chi connectivity index (χ1n) is 4.67. The van der Waals surface area contributed by atoms with Crippen LogP contribution in [0, 0.1) is 0 Å². The molecule has 4 nitrogen and oxygen atoms in total. The van der Waals surface area contributed by atoms with Crippen molar-refractivity contribution in [3.8, 4) is 0 Å². The summed E-state index contributed by atoms with van der Waals surface area (Å²) < 4.78 is 0. The molecule has 2 heterocycles. The fourth-order valence-electron chi connectivity index (χ4n) is 1.55. The summed E-state index contributed by atoms with van der Waals surface area (Å²) in [6.45, 7) is 4.28. The number of thiazole rings is 1. The quantitative estimate of drug-likeness (QED) is 0.773. The molecular formula is C9H13N3OS. The summed E-state index contributed by atoms with van der Waals surface area (Å²) in [6.07, 6.45) is 1.82. The summed E-state index contributed by atoms with van der Waals surface area (Å²) >= 11 is 1.59. The number of aromatic nitrogens is 1. The van der Waals surface area contributed by atoms with Crippen LogP contribution in [-0.4, -0.2) is 34.9 Å². The van der Waals surface area contributed by atoms with E-state index in [0.717, 1.165) is 18.0 Å². The SMILES string of the molecule is CC1NCCN(Cc2cncs2)C1=O. The lowest BCUT2D eigenvalue weighted by Crippen LogP contribution is -2.53. The lowest BCUT2D eigenvalue weighted by atomic mass is 10.2. The monoisotopic (exact) mass is 211 g/mol. The van der Waals surface area contributed by atoms with Crippen LogP contribution in [0.5, 0.6) is 0 Å². The molecular weight excluding hydrogens is 198 g/mol. The zero-order valence-corrected chi connectivity index (χ0v) is 8.88. The molecule has 0 aliphatic carbocycles. The molecule has 1 saturated heterocycles. The van der Waals surface area contributed by atoms with Crippen molar-refractivity contribution in [2.24, 2.45) is 0 Å². The maximum Gasteiger partial charge on any atom is 0.239 e. The van der Waals surface area contributed by atoms with Crippen molar-refractivity contribution in [1.82, 2.24) is 15.2 Å². The average molecular weight is 211 g/mol. The Bertz CT molecular complexity index is 312. The topological polar surface area (TPSA) is 45.2 Å². The number of carbonyl (C=O) groups is 1. The van der Waals surface area contributed by atoms with Crippen molar-refractivity contribution in [2.45, 2.75) is 19.5 Å². The van der Waals surface area contributed by atoms with Gasteiger partial charge in [0.2, 0.25) is 5.91 Å². The second-order valence-corrected chi connectivity index (χ2v) is 4.37. The van der Waals surface area contributed by atoms with E-state index in [0.29, 0.717) is 6.54 Å². The van der Waals surface area contributed by atoms with Gasteiger partial charge in [-0.1, -0.05) is 0 Å². The minimum absolute atomic E-state index is 0.0447. The molecule has 1 fully saturated rings. The van der Waals surface area contributed by atoms with E-state index in [-0.39, 0.29) is 11.9 Å². The first kappa shape index (κ1) is 9.61. The third kappa shape index (κ3) is 1.93. The van der Waals surface area contributed by atoms with Gasteiger partial charge in [0.15, 0.2) is 0 Å². The fraction of sp³-hybridized carbons (Fsp3) is 0.556. The van der Waals surface area contributed by atoms with Crippen LogP contribution in [-0.2, 0) is 11.3 Å². The minimum atomic E-state index is -0.0447. The van der Waals surface area contributed by atoms with Gasteiger partial charge in [-0.3, -0.25) is 9.78 Å². The highest BCUT2D eigenvalue weighted by Gasteiger charge is 2.24. The number of piperazine rings is 1. The Morgan fingerprint density at radius 2 is 2.64 bits per heavy atom.